The molecule has 1 atom stereocenters. The highest BCUT2D eigenvalue weighted by atomic mass is 32.2. The van der Waals surface area contributed by atoms with Crippen LogP contribution in [0.2, 0.25) is 0 Å². The van der Waals surface area contributed by atoms with Gasteiger partial charge in [0.05, 0.1) is 4.90 Å². The van der Waals surface area contributed by atoms with E-state index in [4.69, 9.17) is 4.74 Å². The van der Waals surface area contributed by atoms with Gasteiger partial charge in [0.2, 0.25) is 10.0 Å². The van der Waals surface area contributed by atoms with Crippen LogP contribution in [0.15, 0.2) is 29.2 Å². The first-order valence-electron chi connectivity index (χ1n) is 7.33. The number of carbonyl (C=O) groups is 1. The largest absolute Gasteiger partial charge is 0.444 e. The Morgan fingerprint density at radius 1 is 1.30 bits per heavy atom. The molecule has 0 bridgehead atoms. The average molecular weight is 344 g/mol. The molecule has 0 aromatic heterocycles. The Morgan fingerprint density at radius 3 is 2.48 bits per heavy atom. The predicted molar refractivity (Wildman–Crippen MR) is 82.9 cm³/mol. The molecule has 0 unspecified atom stereocenters. The van der Waals surface area contributed by atoms with Crippen molar-refractivity contribution in [2.45, 2.75) is 43.7 Å². The molecule has 1 aliphatic heterocycles. The zero-order chi connectivity index (χ0) is 17.3. The van der Waals surface area contributed by atoms with Crippen LogP contribution >= 0.6 is 0 Å². The minimum Gasteiger partial charge on any atom is -0.444 e. The average Bonchev–Trinajstić information content (AvgIpc) is 2.86. The van der Waals surface area contributed by atoms with Crippen molar-refractivity contribution in [2.24, 2.45) is 0 Å². The molecule has 1 heterocycles. The van der Waals surface area contributed by atoms with Crippen LogP contribution in [0.25, 0.3) is 0 Å². The quantitative estimate of drug-likeness (QED) is 0.911. The predicted octanol–water partition coefficient (Wildman–Crippen LogP) is 2.11. The fourth-order valence-electron chi connectivity index (χ4n) is 2.29. The van der Waals surface area contributed by atoms with Crippen LogP contribution in [-0.4, -0.2) is 43.5 Å². The smallest absolute Gasteiger partial charge is 0.407 e. The number of hydrogen-bond donors (Lipinski definition) is 1. The maximum absolute atomic E-state index is 12.9. The number of rotatable bonds is 3. The Hall–Kier alpha value is -1.67. The summed E-state index contributed by atoms with van der Waals surface area (Å²) in [5, 5.41) is 2.67. The Kier molecular flexibility index (Phi) is 4.95. The molecule has 1 N–H and O–H groups in total. The van der Waals surface area contributed by atoms with Crippen LogP contribution in [0, 0.1) is 5.82 Å². The van der Waals surface area contributed by atoms with Gasteiger partial charge in [-0.25, -0.2) is 17.6 Å². The van der Waals surface area contributed by atoms with Gasteiger partial charge in [-0.3, -0.25) is 0 Å². The topological polar surface area (TPSA) is 75.7 Å². The van der Waals surface area contributed by atoms with Crippen molar-refractivity contribution < 1.29 is 22.3 Å². The Labute approximate surface area is 135 Å². The Balaban J connectivity index is 1.99. The molecular weight excluding hydrogens is 323 g/mol. The van der Waals surface area contributed by atoms with E-state index in [2.05, 4.69) is 5.32 Å². The molecule has 1 aromatic carbocycles. The molecule has 1 saturated heterocycles. The lowest BCUT2D eigenvalue weighted by Crippen LogP contribution is -2.41. The normalized spacial score (nSPS) is 19.6. The highest BCUT2D eigenvalue weighted by Crippen LogP contribution is 2.21. The van der Waals surface area contributed by atoms with Crippen LogP contribution in [-0.2, 0) is 14.8 Å². The van der Waals surface area contributed by atoms with Crippen LogP contribution in [0.5, 0.6) is 0 Å². The third kappa shape index (κ3) is 4.65. The summed E-state index contributed by atoms with van der Waals surface area (Å²) in [6, 6.07) is 4.39. The molecular formula is C15H21FN2O4S. The summed E-state index contributed by atoms with van der Waals surface area (Å²) in [6.07, 6.45) is -0.0665. The van der Waals surface area contributed by atoms with Gasteiger partial charge in [-0.1, -0.05) is 0 Å². The minimum atomic E-state index is -3.68. The third-order valence-electron chi connectivity index (χ3n) is 3.32. The molecule has 128 valence electrons. The minimum absolute atomic E-state index is 0.0387. The number of ether oxygens (including phenoxy) is 1. The second-order valence-electron chi connectivity index (χ2n) is 6.45. The third-order valence-corrected chi connectivity index (χ3v) is 5.20. The van der Waals surface area contributed by atoms with Gasteiger partial charge >= 0.3 is 6.09 Å². The van der Waals surface area contributed by atoms with E-state index in [0.717, 1.165) is 12.1 Å². The van der Waals surface area contributed by atoms with Crippen molar-refractivity contribution >= 4 is 16.1 Å². The lowest BCUT2D eigenvalue weighted by molar-refractivity contribution is 0.0507. The first kappa shape index (κ1) is 17.7. The van der Waals surface area contributed by atoms with Gasteiger partial charge in [0.1, 0.15) is 11.4 Å². The van der Waals surface area contributed by atoms with Crippen LogP contribution in [0.3, 0.4) is 0 Å². The molecule has 2 rings (SSSR count). The number of halogens is 1. The van der Waals surface area contributed by atoms with Crippen molar-refractivity contribution in [1.29, 1.82) is 0 Å². The fraction of sp³-hybridized carbons (Fsp3) is 0.533. The van der Waals surface area contributed by atoms with Gasteiger partial charge in [-0.05, 0) is 51.5 Å². The summed E-state index contributed by atoms with van der Waals surface area (Å²) in [6.45, 7) is 5.73. The van der Waals surface area contributed by atoms with E-state index < -0.39 is 27.5 Å². The number of carbonyl (C=O) groups excluding carboxylic acids is 1. The zero-order valence-electron chi connectivity index (χ0n) is 13.4. The number of nitrogens with one attached hydrogen (secondary N) is 1. The summed E-state index contributed by atoms with van der Waals surface area (Å²) in [5.74, 6) is -0.491. The maximum Gasteiger partial charge on any atom is 0.407 e. The summed E-state index contributed by atoms with van der Waals surface area (Å²) >= 11 is 0. The van der Waals surface area contributed by atoms with Crippen molar-refractivity contribution in [2.75, 3.05) is 13.1 Å². The molecule has 1 aromatic rings. The number of alkyl carbamates (subject to hydrolysis) is 1. The number of hydrogen-bond acceptors (Lipinski definition) is 4. The van der Waals surface area contributed by atoms with Crippen molar-refractivity contribution in [3.05, 3.63) is 30.1 Å². The van der Waals surface area contributed by atoms with Crippen molar-refractivity contribution in [3.8, 4) is 0 Å². The molecule has 1 aliphatic rings. The first-order valence-corrected chi connectivity index (χ1v) is 8.77. The van der Waals surface area contributed by atoms with E-state index in [0.29, 0.717) is 13.0 Å². The number of nitrogens with zero attached hydrogens (tertiary/aromatic N) is 1. The maximum atomic E-state index is 12.9. The van der Waals surface area contributed by atoms with E-state index in [1.807, 2.05) is 0 Å². The second-order valence-corrected chi connectivity index (χ2v) is 8.39. The summed E-state index contributed by atoms with van der Waals surface area (Å²) in [5.41, 5.74) is -0.609. The molecule has 1 amide bonds. The highest BCUT2D eigenvalue weighted by Gasteiger charge is 2.33. The van der Waals surface area contributed by atoms with Crippen LogP contribution in [0.4, 0.5) is 9.18 Å². The van der Waals surface area contributed by atoms with Gasteiger partial charge in [-0.2, -0.15) is 4.31 Å². The van der Waals surface area contributed by atoms with Crippen molar-refractivity contribution in [1.82, 2.24) is 9.62 Å². The molecule has 0 saturated carbocycles. The Morgan fingerprint density at radius 2 is 1.91 bits per heavy atom. The Bertz CT molecular complexity index is 668. The molecule has 0 radical (unpaired) electrons. The SMILES string of the molecule is CC(C)(C)OC(=O)N[C@H]1CCN(S(=O)(=O)c2ccc(F)cc2)C1. The van der Waals surface area contributed by atoms with Gasteiger partial charge in [0.25, 0.3) is 0 Å². The molecule has 23 heavy (non-hydrogen) atoms. The molecule has 0 spiro atoms. The van der Waals surface area contributed by atoms with E-state index >= 15 is 0 Å². The first-order chi connectivity index (χ1) is 10.6. The van der Waals surface area contributed by atoms with E-state index in [9.17, 15) is 17.6 Å². The van der Waals surface area contributed by atoms with Gasteiger partial charge in [0.15, 0.2) is 0 Å². The van der Waals surface area contributed by atoms with Crippen molar-refractivity contribution in [3.63, 3.8) is 0 Å². The van der Waals surface area contributed by atoms with E-state index in [1.165, 1.54) is 16.4 Å². The fourth-order valence-corrected chi connectivity index (χ4v) is 3.79. The summed E-state index contributed by atoms with van der Waals surface area (Å²) in [4.78, 5) is 11.8. The second kappa shape index (κ2) is 6.45. The van der Waals surface area contributed by atoms with Gasteiger partial charge in [0, 0.05) is 19.1 Å². The molecule has 8 heteroatoms. The number of amides is 1. The lowest BCUT2D eigenvalue weighted by Gasteiger charge is -2.22. The molecule has 0 aliphatic carbocycles. The molecule has 6 nitrogen and oxygen atoms in total. The van der Waals surface area contributed by atoms with E-state index in [-0.39, 0.29) is 17.5 Å². The van der Waals surface area contributed by atoms with E-state index in [1.54, 1.807) is 20.8 Å². The van der Waals surface area contributed by atoms with Crippen LogP contribution in [0.1, 0.15) is 27.2 Å². The van der Waals surface area contributed by atoms with Crippen LogP contribution < -0.4 is 5.32 Å². The molecule has 1 fully saturated rings. The number of sulfonamides is 1. The number of benzene rings is 1. The van der Waals surface area contributed by atoms with Gasteiger partial charge < -0.3 is 10.1 Å². The van der Waals surface area contributed by atoms with Gasteiger partial charge in [-0.15, -0.1) is 0 Å². The summed E-state index contributed by atoms with van der Waals surface area (Å²) < 4.78 is 44.3. The highest BCUT2D eigenvalue weighted by molar-refractivity contribution is 7.89. The monoisotopic (exact) mass is 344 g/mol. The lowest BCUT2D eigenvalue weighted by atomic mass is 10.2. The standard InChI is InChI=1S/C15H21FN2O4S/c1-15(2,3)22-14(19)17-12-8-9-18(10-12)23(20,21)13-6-4-11(16)5-7-13/h4-7,12H,8-10H2,1-3H3,(H,17,19)/t12-/m0/s1. The zero-order valence-corrected chi connectivity index (χ0v) is 14.2. The summed E-state index contributed by atoms with van der Waals surface area (Å²) in [7, 11) is -3.68.